The average Bonchev–Trinajstić information content (AvgIpc) is 2.88. The van der Waals surface area contributed by atoms with Gasteiger partial charge in [0.2, 0.25) is 0 Å². The summed E-state index contributed by atoms with van der Waals surface area (Å²) < 4.78 is 7.61. The van der Waals surface area contributed by atoms with Crippen molar-refractivity contribution in [3.63, 3.8) is 0 Å². The summed E-state index contributed by atoms with van der Waals surface area (Å²) in [7, 11) is 1.96. The van der Waals surface area contributed by atoms with Gasteiger partial charge in [0, 0.05) is 24.6 Å². The Morgan fingerprint density at radius 2 is 2.10 bits per heavy atom. The highest BCUT2D eigenvalue weighted by atomic mass is 35.5. The van der Waals surface area contributed by atoms with Crippen LogP contribution in [0.4, 0.5) is 0 Å². The molecule has 4 nitrogen and oxygen atoms in total. The molecule has 0 aliphatic heterocycles. The highest BCUT2D eigenvalue weighted by Crippen LogP contribution is 2.28. The topological polar surface area (TPSA) is 43.0 Å². The van der Waals surface area contributed by atoms with Gasteiger partial charge in [0.15, 0.2) is 0 Å². The summed E-state index contributed by atoms with van der Waals surface area (Å²) >= 11 is 6.39. The Hall–Kier alpha value is -1.26. The van der Waals surface area contributed by atoms with Crippen LogP contribution in [-0.4, -0.2) is 16.8 Å². The molecule has 2 aromatic rings. The number of rotatable bonds is 5. The third kappa shape index (κ3) is 2.76. The maximum absolute atomic E-state index is 6.39. The minimum Gasteiger partial charge on any atom is -0.466 e. The lowest BCUT2D eigenvalue weighted by molar-refractivity contribution is 0.485. The smallest absolute Gasteiger partial charge is 0.105 e. The van der Waals surface area contributed by atoms with Gasteiger partial charge in [-0.15, -0.1) is 0 Å². The van der Waals surface area contributed by atoms with Crippen LogP contribution >= 0.6 is 11.6 Å². The number of hydrogen-bond acceptors (Lipinski definition) is 3. The maximum Gasteiger partial charge on any atom is 0.105 e. The van der Waals surface area contributed by atoms with Gasteiger partial charge >= 0.3 is 0 Å². The number of furan rings is 1. The highest BCUT2D eigenvalue weighted by Gasteiger charge is 2.21. The van der Waals surface area contributed by atoms with Crippen molar-refractivity contribution in [1.82, 2.24) is 15.1 Å². The largest absolute Gasteiger partial charge is 0.466 e. The zero-order valence-corrected chi connectivity index (χ0v) is 13.5. The van der Waals surface area contributed by atoms with Gasteiger partial charge in [-0.05, 0) is 40.8 Å². The van der Waals surface area contributed by atoms with E-state index >= 15 is 0 Å². The molecule has 0 aliphatic carbocycles. The van der Waals surface area contributed by atoms with E-state index < -0.39 is 0 Å². The normalized spacial score (nSPS) is 12.9. The van der Waals surface area contributed by atoms with Crippen molar-refractivity contribution >= 4 is 11.6 Å². The fourth-order valence-electron chi connectivity index (χ4n) is 2.62. The molecule has 2 rings (SSSR count). The van der Waals surface area contributed by atoms with E-state index in [1.54, 1.807) is 0 Å². The molecule has 0 aliphatic rings. The molecular weight excluding hydrogens is 274 g/mol. The first kappa shape index (κ1) is 15.1. The lowest BCUT2D eigenvalue weighted by Gasteiger charge is -2.16. The van der Waals surface area contributed by atoms with Crippen molar-refractivity contribution < 1.29 is 4.42 Å². The van der Waals surface area contributed by atoms with Crippen molar-refractivity contribution in [3.8, 4) is 0 Å². The molecule has 0 aromatic carbocycles. The van der Waals surface area contributed by atoms with Crippen LogP contribution in [0.3, 0.4) is 0 Å². The van der Waals surface area contributed by atoms with Gasteiger partial charge in [0.05, 0.1) is 16.4 Å². The quantitative estimate of drug-likeness (QED) is 0.917. The lowest BCUT2D eigenvalue weighted by atomic mass is 10.0. The fourth-order valence-corrected chi connectivity index (χ4v) is 2.83. The minimum absolute atomic E-state index is 0.173. The van der Waals surface area contributed by atoms with Gasteiger partial charge in [-0.2, -0.15) is 5.10 Å². The third-order valence-corrected chi connectivity index (χ3v) is 4.15. The first-order valence-electron chi connectivity index (χ1n) is 6.93. The number of likely N-dealkylation sites (N-methyl/N-ethyl adjacent to an activating group) is 1. The van der Waals surface area contributed by atoms with Crippen LogP contribution in [0.2, 0.25) is 5.02 Å². The Morgan fingerprint density at radius 3 is 2.60 bits per heavy atom. The number of nitrogens with zero attached hydrogens (tertiary/aromatic N) is 2. The molecule has 0 bridgehead atoms. The first-order valence-corrected chi connectivity index (χ1v) is 7.31. The van der Waals surface area contributed by atoms with E-state index in [1.165, 1.54) is 5.56 Å². The van der Waals surface area contributed by atoms with Gasteiger partial charge in [-0.3, -0.25) is 4.68 Å². The van der Waals surface area contributed by atoms with E-state index in [0.29, 0.717) is 0 Å². The zero-order valence-electron chi connectivity index (χ0n) is 12.7. The van der Waals surface area contributed by atoms with E-state index in [-0.39, 0.29) is 6.04 Å². The Balaban J connectivity index is 2.34. The van der Waals surface area contributed by atoms with Crippen LogP contribution in [0.1, 0.15) is 41.4 Å². The summed E-state index contributed by atoms with van der Waals surface area (Å²) in [5, 5.41) is 8.59. The van der Waals surface area contributed by atoms with Crippen LogP contribution < -0.4 is 5.32 Å². The molecule has 20 heavy (non-hydrogen) atoms. The molecule has 0 fully saturated rings. The van der Waals surface area contributed by atoms with E-state index in [0.717, 1.165) is 40.9 Å². The Bertz CT molecular complexity index is 601. The number of aromatic nitrogens is 2. The van der Waals surface area contributed by atoms with E-state index in [2.05, 4.69) is 23.4 Å². The van der Waals surface area contributed by atoms with E-state index in [9.17, 15) is 0 Å². The van der Waals surface area contributed by atoms with Crippen molar-refractivity contribution in [1.29, 1.82) is 0 Å². The van der Waals surface area contributed by atoms with Crippen LogP contribution in [0.15, 0.2) is 10.5 Å². The summed E-state index contributed by atoms with van der Waals surface area (Å²) in [6, 6.07) is 2.26. The predicted octanol–water partition coefficient (Wildman–Crippen LogP) is 3.58. The molecule has 0 radical (unpaired) electrons. The monoisotopic (exact) mass is 295 g/mol. The number of hydrogen-bond donors (Lipinski definition) is 1. The molecule has 2 aromatic heterocycles. The SMILES string of the molecule is CCn1nc(C)c(Cl)c1CC(NC)c1cc(C)oc1C. The van der Waals surface area contributed by atoms with Gasteiger partial charge in [0.1, 0.15) is 11.5 Å². The van der Waals surface area contributed by atoms with Crippen LogP contribution in [0.5, 0.6) is 0 Å². The van der Waals surface area contributed by atoms with Crippen molar-refractivity contribution in [2.75, 3.05) is 7.05 Å². The molecule has 5 heteroatoms. The molecule has 0 saturated carbocycles. The molecule has 2 heterocycles. The number of nitrogens with one attached hydrogen (secondary N) is 1. The molecule has 110 valence electrons. The van der Waals surface area contributed by atoms with Crippen LogP contribution in [-0.2, 0) is 13.0 Å². The molecule has 1 N–H and O–H groups in total. The summed E-state index contributed by atoms with van der Waals surface area (Å²) in [5.74, 6) is 1.89. The van der Waals surface area contributed by atoms with Gasteiger partial charge < -0.3 is 9.73 Å². The van der Waals surface area contributed by atoms with Crippen LogP contribution in [0.25, 0.3) is 0 Å². The van der Waals surface area contributed by atoms with Crippen molar-refractivity contribution in [2.45, 2.75) is 46.7 Å². The van der Waals surface area contributed by atoms with Gasteiger partial charge in [0.25, 0.3) is 0 Å². The first-order chi connectivity index (χ1) is 9.47. The molecule has 1 atom stereocenters. The second-order valence-corrected chi connectivity index (χ2v) is 5.45. The molecule has 0 saturated heterocycles. The molecule has 1 unspecified atom stereocenters. The molecule has 0 amide bonds. The highest BCUT2D eigenvalue weighted by molar-refractivity contribution is 6.31. The van der Waals surface area contributed by atoms with Gasteiger partial charge in [-0.25, -0.2) is 0 Å². The predicted molar refractivity (Wildman–Crippen MR) is 81.3 cm³/mol. The summed E-state index contributed by atoms with van der Waals surface area (Å²) in [4.78, 5) is 0. The average molecular weight is 296 g/mol. The van der Waals surface area contributed by atoms with Gasteiger partial charge in [-0.1, -0.05) is 11.6 Å². The second-order valence-electron chi connectivity index (χ2n) is 5.08. The van der Waals surface area contributed by atoms with Crippen molar-refractivity contribution in [3.05, 3.63) is 39.6 Å². The van der Waals surface area contributed by atoms with Crippen LogP contribution in [0, 0.1) is 20.8 Å². The lowest BCUT2D eigenvalue weighted by Crippen LogP contribution is -2.21. The summed E-state index contributed by atoms with van der Waals surface area (Å²) in [6.07, 6.45) is 0.795. The summed E-state index contributed by atoms with van der Waals surface area (Å²) in [6.45, 7) is 8.81. The molecular formula is C15H22ClN3O. The Morgan fingerprint density at radius 1 is 1.40 bits per heavy atom. The maximum atomic E-state index is 6.39. The second kappa shape index (κ2) is 6.02. The molecule has 0 spiro atoms. The zero-order chi connectivity index (χ0) is 14.9. The third-order valence-electron chi connectivity index (χ3n) is 3.65. The fraction of sp³-hybridized carbons (Fsp3) is 0.533. The number of halogens is 1. The van der Waals surface area contributed by atoms with E-state index in [1.807, 2.05) is 32.5 Å². The number of aryl methyl sites for hydroxylation is 4. The summed E-state index contributed by atoms with van der Waals surface area (Å²) in [5.41, 5.74) is 3.14. The van der Waals surface area contributed by atoms with Crippen molar-refractivity contribution in [2.24, 2.45) is 0 Å². The Kier molecular flexibility index (Phi) is 4.55. The van der Waals surface area contributed by atoms with E-state index in [4.69, 9.17) is 16.0 Å². The Labute approximate surface area is 125 Å². The standard InChI is InChI=1S/C15H22ClN3O/c1-6-19-14(15(16)10(3)18-19)8-13(17-5)12-7-9(2)20-11(12)4/h7,13,17H,6,8H2,1-5H3. The minimum atomic E-state index is 0.173.